The van der Waals surface area contributed by atoms with E-state index in [4.69, 9.17) is 4.74 Å². The highest BCUT2D eigenvalue weighted by Crippen LogP contribution is 2.31. The summed E-state index contributed by atoms with van der Waals surface area (Å²) in [7, 11) is 1.70. The van der Waals surface area contributed by atoms with E-state index in [2.05, 4.69) is 37.8 Å². The zero-order valence-corrected chi connectivity index (χ0v) is 11.7. The molecule has 2 rings (SSSR count). The molecule has 0 radical (unpaired) electrons. The first-order chi connectivity index (χ1) is 8.44. The average molecular weight is 249 g/mol. The van der Waals surface area contributed by atoms with Gasteiger partial charge in [-0.25, -0.2) is 0 Å². The topological polar surface area (TPSA) is 32.7 Å². The van der Waals surface area contributed by atoms with Crippen LogP contribution in [-0.2, 0) is 6.54 Å². The maximum absolute atomic E-state index is 10.2. The summed E-state index contributed by atoms with van der Waals surface area (Å²) < 4.78 is 5.38. The first-order valence-corrected chi connectivity index (χ1v) is 6.53. The van der Waals surface area contributed by atoms with Gasteiger partial charge in [-0.1, -0.05) is 31.5 Å². The van der Waals surface area contributed by atoms with Crippen LogP contribution in [0.3, 0.4) is 0 Å². The van der Waals surface area contributed by atoms with Gasteiger partial charge in [-0.05, 0) is 18.9 Å². The van der Waals surface area contributed by atoms with Crippen molar-refractivity contribution in [3.05, 3.63) is 29.3 Å². The van der Waals surface area contributed by atoms with Gasteiger partial charge in [0.25, 0.3) is 0 Å². The number of β-amino-alcohol motifs (C(OH)–C–C–N with tert-alkyl or cyclic N) is 1. The van der Waals surface area contributed by atoms with Crippen LogP contribution in [0.5, 0.6) is 5.75 Å². The Kier molecular flexibility index (Phi) is 3.64. The normalized spacial score (nSPS) is 18.8. The summed E-state index contributed by atoms with van der Waals surface area (Å²) in [4.78, 5) is 2.26. The lowest BCUT2D eigenvalue weighted by Crippen LogP contribution is -2.63. The lowest BCUT2D eigenvalue weighted by Gasteiger charge is -2.49. The molecule has 1 N–H and O–H groups in total. The number of benzene rings is 1. The van der Waals surface area contributed by atoms with Gasteiger partial charge in [0.15, 0.2) is 0 Å². The second-order valence-electron chi connectivity index (χ2n) is 5.72. The highest BCUT2D eigenvalue weighted by atomic mass is 16.5. The molecule has 3 heteroatoms. The van der Waals surface area contributed by atoms with Crippen molar-refractivity contribution in [3.8, 4) is 5.75 Å². The zero-order chi connectivity index (χ0) is 13.3. The van der Waals surface area contributed by atoms with Crippen LogP contribution in [0, 0.1) is 12.8 Å². The number of rotatable bonds is 4. The lowest BCUT2D eigenvalue weighted by molar-refractivity contribution is -0.130. The minimum absolute atomic E-state index is 0.313. The molecule has 1 heterocycles. The number of aliphatic hydroxyl groups is 1. The van der Waals surface area contributed by atoms with Crippen molar-refractivity contribution in [1.29, 1.82) is 0 Å². The number of ether oxygens (including phenoxy) is 1. The summed E-state index contributed by atoms with van der Waals surface area (Å²) in [5.41, 5.74) is 1.94. The van der Waals surface area contributed by atoms with E-state index < -0.39 is 5.60 Å². The van der Waals surface area contributed by atoms with E-state index in [9.17, 15) is 5.11 Å². The molecule has 1 aliphatic heterocycles. The fourth-order valence-corrected chi connectivity index (χ4v) is 2.48. The molecule has 100 valence electrons. The molecule has 0 atom stereocenters. The molecular formula is C15H23NO2. The van der Waals surface area contributed by atoms with Crippen LogP contribution in [0.25, 0.3) is 0 Å². The SMILES string of the molecule is COc1ccc(C)cc1CN1CC(O)(C(C)C)C1. The molecule has 1 saturated heterocycles. The summed E-state index contributed by atoms with van der Waals surface area (Å²) >= 11 is 0. The summed E-state index contributed by atoms with van der Waals surface area (Å²) in [6.07, 6.45) is 0. The fraction of sp³-hybridized carbons (Fsp3) is 0.600. The number of hydrogen-bond acceptors (Lipinski definition) is 3. The van der Waals surface area contributed by atoms with Crippen molar-refractivity contribution in [2.24, 2.45) is 5.92 Å². The van der Waals surface area contributed by atoms with E-state index in [1.807, 2.05) is 6.07 Å². The largest absolute Gasteiger partial charge is 0.496 e. The van der Waals surface area contributed by atoms with E-state index in [1.165, 1.54) is 11.1 Å². The maximum Gasteiger partial charge on any atom is 0.123 e. The minimum Gasteiger partial charge on any atom is -0.496 e. The Hall–Kier alpha value is -1.06. The lowest BCUT2D eigenvalue weighted by atomic mass is 9.83. The average Bonchev–Trinajstić information content (AvgIpc) is 2.27. The van der Waals surface area contributed by atoms with Crippen LogP contribution in [0.1, 0.15) is 25.0 Å². The van der Waals surface area contributed by atoms with Crippen molar-refractivity contribution in [2.75, 3.05) is 20.2 Å². The molecule has 0 aromatic heterocycles. The predicted octanol–water partition coefficient (Wildman–Crippen LogP) is 2.21. The Labute approximate surface area is 109 Å². The van der Waals surface area contributed by atoms with Gasteiger partial charge in [0.1, 0.15) is 5.75 Å². The van der Waals surface area contributed by atoms with Crippen LogP contribution in [-0.4, -0.2) is 35.8 Å². The highest BCUT2D eigenvalue weighted by Gasteiger charge is 2.43. The van der Waals surface area contributed by atoms with Gasteiger partial charge in [-0.15, -0.1) is 0 Å². The Bertz CT molecular complexity index is 423. The van der Waals surface area contributed by atoms with Crippen LogP contribution in [0.2, 0.25) is 0 Å². The monoisotopic (exact) mass is 249 g/mol. The molecule has 1 aliphatic rings. The molecule has 0 bridgehead atoms. The van der Waals surface area contributed by atoms with Gasteiger partial charge in [0.05, 0.1) is 12.7 Å². The van der Waals surface area contributed by atoms with Crippen LogP contribution in [0.4, 0.5) is 0 Å². The Balaban J connectivity index is 2.02. The molecule has 0 aliphatic carbocycles. The van der Waals surface area contributed by atoms with Gasteiger partial charge in [0.2, 0.25) is 0 Å². The number of likely N-dealkylation sites (tertiary alicyclic amines) is 1. The van der Waals surface area contributed by atoms with E-state index in [-0.39, 0.29) is 0 Å². The summed E-state index contributed by atoms with van der Waals surface area (Å²) in [6.45, 7) is 8.59. The standard InChI is InChI=1S/C15H23NO2/c1-11(2)15(17)9-16(10-15)8-13-7-12(3)5-6-14(13)18-4/h5-7,11,17H,8-10H2,1-4H3. The van der Waals surface area contributed by atoms with Crippen molar-refractivity contribution in [3.63, 3.8) is 0 Å². The second-order valence-corrected chi connectivity index (χ2v) is 5.72. The molecule has 1 aromatic rings. The van der Waals surface area contributed by atoms with E-state index in [1.54, 1.807) is 7.11 Å². The van der Waals surface area contributed by atoms with Crippen molar-refractivity contribution < 1.29 is 9.84 Å². The van der Waals surface area contributed by atoms with Crippen LogP contribution >= 0.6 is 0 Å². The number of aryl methyl sites for hydroxylation is 1. The van der Waals surface area contributed by atoms with Crippen molar-refractivity contribution in [2.45, 2.75) is 32.9 Å². The first kappa shape index (κ1) is 13.4. The summed E-state index contributed by atoms with van der Waals surface area (Å²) in [5, 5.41) is 10.2. The molecule has 18 heavy (non-hydrogen) atoms. The molecule has 0 spiro atoms. The Morgan fingerprint density at radius 2 is 2.06 bits per heavy atom. The second kappa shape index (κ2) is 4.90. The smallest absolute Gasteiger partial charge is 0.123 e. The molecule has 1 aromatic carbocycles. The number of methoxy groups -OCH3 is 1. The summed E-state index contributed by atoms with van der Waals surface area (Å²) in [5.74, 6) is 1.24. The van der Waals surface area contributed by atoms with E-state index in [0.717, 1.165) is 25.4 Å². The van der Waals surface area contributed by atoms with Gasteiger partial charge >= 0.3 is 0 Å². The predicted molar refractivity (Wildman–Crippen MR) is 72.8 cm³/mol. The quantitative estimate of drug-likeness (QED) is 0.888. The van der Waals surface area contributed by atoms with E-state index >= 15 is 0 Å². The molecule has 0 amide bonds. The van der Waals surface area contributed by atoms with Crippen molar-refractivity contribution >= 4 is 0 Å². The van der Waals surface area contributed by atoms with Crippen LogP contribution < -0.4 is 4.74 Å². The molecule has 0 unspecified atom stereocenters. The maximum atomic E-state index is 10.2. The van der Waals surface area contributed by atoms with E-state index in [0.29, 0.717) is 5.92 Å². The molecule has 3 nitrogen and oxygen atoms in total. The van der Waals surface area contributed by atoms with Gasteiger partial charge in [0, 0.05) is 25.2 Å². The molecule has 0 saturated carbocycles. The summed E-state index contributed by atoms with van der Waals surface area (Å²) in [6, 6.07) is 6.23. The number of hydrogen-bond donors (Lipinski definition) is 1. The molecule has 1 fully saturated rings. The van der Waals surface area contributed by atoms with Gasteiger partial charge in [-0.2, -0.15) is 0 Å². The van der Waals surface area contributed by atoms with Gasteiger partial charge in [-0.3, -0.25) is 4.90 Å². The van der Waals surface area contributed by atoms with Crippen LogP contribution in [0.15, 0.2) is 18.2 Å². The third-order valence-electron chi connectivity index (χ3n) is 3.90. The number of nitrogens with zero attached hydrogens (tertiary/aromatic N) is 1. The van der Waals surface area contributed by atoms with Gasteiger partial charge < -0.3 is 9.84 Å². The highest BCUT2D eigenvalue weighted by molar-refractivity contribution is 5.37. The van der Waals surface area contributed by atoms with Crippen molar-refractivity contribution in [1.82, 2.24) is 4.90 Å². The first-order valence-electron chi connectivity index (χ1n) is 6.53. The zero-order valence-electron chi connectivity index (χ0n) is 11.7. The minimum atomic E-state index is -0.503. The Morgan fingerprint density at radius 3 is 2.61 bits per heavy atom. The third kappa shape index (κ3) is 2.52. The Morgan fingerprint density at radius 1 is 1.39 bits per heavy atom. The molecular weight excluding hydrogens is 226 g/mol. The third-order valence-corrected chi connectivity index (χ3v) is 3.90. The fourth-order valence-electron chi connectivity index (χ4n) is 2.48.